The number of hydrogen-bond donors (Lipinski definition) is 3. The number of carbonyl (C=O) groups excluding carboxylic acids is 1. The van der Waals surface area contributed by atoms with Crippen molar-refractivity contribution in [3.8, 4) is 0 Å². The zero-order valence-electron chi connectivity index (χ0n) is 10.3. The zero-order chi connectivity index (χ0) is 13.5. The highest BCUT2D eigenvalue weighted by Crippen LogP contribution is 2.05. The average molecular weight is 250 g/mol. The summed E-state index contributed by atoms with van der Waals surface area (Å²) >= 11 is 0. The second kappa shape index (κ2) is 6.76. The molecule has 1 aromatic carbocycles. The van der Waals surface area contributed by atoms with E-state index in [1.165, 1.54) is 6.07 Å². The Bertz CT molecular complexity index is 430. The summed E-state index contributed by atoms with van der Waals surface area (Å²) in [5.41, 5.74) is 6.54. The number of nitrogens with one attached hydrogen (secondary N) is 1. The smallest absolute Gasteiger partial charge is 0.335 e. The van der Waals surface area contributed by atoms with Crippen molar-refractivity contribution in [2.75, 3.05) is 0 Å². The molecule has 0 heterocycles. The fourth-order valence-corrected chi connectivity index (χ4v) is 1.46. The number of benzene rings is 1. The number of hydrogen-bond acceptors (Lipinski definition) is 3. The first kappa shape index (κ1) is 14.2. The molecule has 1 amide bonds. The molecule has 1 unspecified atom stereocenters. The molecule has 98 valence electrons. The summed E-state index contributed by atoms with van der Waals surface area (Å²) in [5.74, 6) is -1.05. The van der Waals surface area contributed by atoms with Gasteiger partial charge in [0.1, 0.15) is 0 Å². The molecule has 5 nitrogen and oxygen atoms in total. The highest BCUT2D eigenvalue weighted by Gasteiger charge is 2.05. The van der Waals surface area contributed by atoms with Gasteiger partial charge in [0.05, 0.1) is 5.56 Å². The highest BCUT2D eigenvalue weighted by molar-refractivity contribution is 5.87. The number of rotatable bonds is 6. The maximum absolute atomic E-state index is 11.5. The Morgan fingerprint density at radius 2 is 2.17 bits per heavy atom. The molecule has 0 saturated heterocycles. The Morgan fingerprint density at radius 3 is 2.78 bits per heavy atom. The van der Waals surface area contributed by atoms with Crippen molar-refractivity contribution in [2.45, 2.75) is 32.4 Å². The van der Waals surface area contributed by atoms with Crippen LogP contribution in [0.25, 0.3) is 0 Å². The quantitative estimate of drug-likeness (QED) is 0.705. The summed E-state index contributed by atoms with van der Waals surface area (Å²) in [6.45, 7) is 2.18. The first-order chi connectivity index (χ1) is 8.49. The van der Waals surface area contributed by atoms with Gasteiger partial charge < -0.3 is 16.2 Å². The van der Waals surface area contributed by atoms with Gasteiger partial charge in [-0.3, -0.25) is 4.79 Å². The van der Waals surface area contributed by atoms with Gasteiger partial charge in [-0.25, -0.2) is 4.79 Å². The third kappa shape index (κ3) is 4.97. The molecular weight excluding hydrogens is 232 g/mol. The van der Waals surface area contributed by atoms with Crippen LogP contribution in [-0.4, -0.2) is 23.0 Å². The van der Waals surface area contributed by atoms with Crippen molar-refractivity contribution in [1.29, 1.82) is 0 Å². The molecule has 0 fully saturated rings. The van der Waals surface area contributed by atoms with E-state index >= 15 is 0 Å². The lowest BCUT2D eigenvalue weighted by Gasteiger charge is -2.07. The summed E-state index contributed by atoms with van der Waals surface area (Å²) in [5, 5.41) is 11.6. The molecule has 0 spiro atoms. The topological polar surface area (TPSA) is 92.4 Å². The van der Waals surface area contributed by atoms with E-state index in [2.05, 4.69) is 5.32 Å². The van der Waals surface area contributed by atoms with Crippen LogP contribution in [0.2, 0.25) is 0 Å². The maximum atomic E-state index is 11.5. The zero-order valence-corrected chi connectivity index (χ0v) is 10.3. The van der Waals surface area contributed by atoms with Gasteiger partial charge in [0, 0.05) is 19.0 Å². The van der Waals surface area contributed by atoms with Gasteiger partial charge in [-0.05, 0) is 31.0 Å². The van der Waals surface area contributed by atoms with Gasteiger partial charge in [-0.2, -0.15) is 0 Å². The third-order valence-electron chi connectivity index (χ3n) is 2.49. The van der Waals surface area contributed by atoms with Crippen molar-refractivity contribution in [2.24, 2.45) is 5.73 Å². The third-order valence-corrected chi connectivity index (χ3v) is 2.49. The van der Waals surface area contributed by atoms with Crippen LogP contribution in [0.4, 0.5) is 0 Å². The Hall–Kier alpha value is -1.88. The van der Waals surface area contributed by atoms with Crippen molar-refractivity contribution >= 4 is 11.9 Å². The van der Waals surface area contributed by atoms with Crippen LogP contribution >= 0.6 is 0 Å². The highest BCUT2D eigenvalue weighted by atomic mass is 16.4. The maximum Gasteiger partial charge on any atom is 0.335 e. The minimum atomic E-state index is -0.972. The monoisotopic (exact) mass is 250 g/mol. The lowest BCUT2D eigenvalue weighted by molar-refractivity contribution is -0.121. The van der Waals surface area contributed by atoms with E-state index in [0.717, 1.165) is 5.56 Å². The molecule has 18 heavy (non-hydrogen) atoms. The van der Waals surface area contributed by atoms with E-state index in [4.69, 9.17) is 10.8 Å². The van der Waals surface area contributed by atoms with E-state index in [0.29, 0.717) is 19.4 Å². The Kier molecular flexibility index (Phi) is 5.32. The molecule has 0 aliphatic heterocycles. The van der Waals surface area contributed by atoms with Gasteiger partial charge >= 0.3 is 5.97 Å². The SMILES string of the molecule is CC(N)CCC(=O)NCc1cccc(C(=O)O)c1. The second-order valence-corrected chi connectivity index (χ2v) is 4.30. The number of nitrogens with two attached hydrogens (primary N) is 1. The molecule has 0 aliphatic rings. The van der Waals surface area contributed by atoms with Crippen molar-refractivity contribution in [1.82, 2.24) is 5.32 Å². The second-order valence-electron chi connectivity index (χ2n) is 4.30. The summed E-state index contributed by atoms with van der Waals surface area (Å²) in [7, 11) is 0. The summed E-state index contributed by atoms with van der Waals surface area (Å²) < 4.78 is 0. The molecule has 0 bridgehead atoms. The van der Waals surface area contributed by atoms with Crippen molar-refractivity contribution in [3.05, 3.63) is 35.4 Å². The minimum absolute atomic E-state index is 0.00564. The normalized spacial score (nSPS) is 11.9. The molecule has 0 aliphatic carbocycles. The van der Waals surface area contributed by atoms with E-state index in [9.17, 15) is 9.59 Å². The average Bonchev–Trinajstić information content (AvgIpc) is 2.34. The standard InChI is InChI=1S/C13H18N2O3/c1-9(14)5-6-12(16)15-8-10-3-2-4-11(7-10)13(17)18/h2-4,7,9H,5-6,8,14H2,1H3,(H,15,16)(H,17,18). The molecule has 5 heteroatoms. The number of amides is 1. The predicted molar refractivity (Wildman–Crippen MR) is 68.1 cm³/mol. The van der Waals surface area contributed by atoms with Crippen LogP contribution in [0.3, 0.4) is 0 Å². The number of carboxylic acids is 1. The number of carbonyl (C=O) groups is 2. The molecule has 1 rings (SSSR count). The summed E-state index contributed by atoms with van der Waals surface area (Å²) in [6, 6.07) is 6.51. The first-order valence-corrected chi connectivity index (χ1v) is 5.83. The fourth-order valence-electron chi connectivity index (χ4n) is 1.46. The summed E-state index contributed by atoms with van der Waals surface area (Å²) in [6.07, 6.45) is 1.03. The van der Waals surface area contributed by atoms with E-state index < -0.39 is 5.97 Å². The summed E-state index contributed by atoms with van der Waals surface area (Å²) in [4.78, 5) is 22.2. The van der Waals surface area contributed by atoms with Crippen molar-refractivity contribution < 1.29 is 14.7 Å². The van der Waals surface area contributed by atoms with Gasteiger partial charge in [0.15, 0.2) is 0 Å². The Balaban J connectivity index is 2.46. The van der Waals surface area contributed by atoms with Crippen LogP contribution in [0.5, 0.6) is 0 Å². The van der Waals surface area contributed by atoms with E-state index in [1.54, 1.807) is 18.2 Å². The first-order valence-electron chi connectivity index (χ1n) is 5.83. The molecule has 0 saturated carbocycles. The van der Waals surface area contributed by atoms with Crippen LogP contribution in [0.15, 0.2) is 24.3 Å². The van der Waals surface area contributed by atoms with Crippen LogP contribution < -0.4 is 11.1 Å². The van der Waals surface area contributed by atoms with E-state index in [1.807, 2.05) is 6.92 Å². The lowest BCUT2D eigenvalue weighted by atomic mass is 10.1. The van der Waals surface area contributed by atoms with Crippen molar-refractivity contribution in [3.63, 3.8) is 0 Å². The number of carboxylic acid groups (broad SMARTS) is 1. The van der Waals surface area contributed by atoms with Gasteiger partial charge in [-0.1, -0.05) is 12.1 Å². The van der Waals surface area contributed by atoms with E-state index in [-0.39, 0.29) is 17.5 Å². The van der Waals surface area contributed by atoms with Crippen LogP contribution in [0.1, 0.15) is 35.7 Å². The van der Waals surface area contributed by atoms with Crippen LogP contribution in [0, 0.1) is 0 Å². The fraction of sp³-hybridized carbons (Fsp3) is 0.385. The van der Waals surface area contributed by atoms with Gasteiger partial charge in [0.25, 0.3) is 0 Å². The largest absolute Gasteiger partial charge is 0.478 e. The lowest BCUT2D eigenvalue weighted by Crippen LogP contribution is -2.25. The predicted octanol–water partition coefficient (Wildman–Crippen LogP) is 1.13. The molecule has 0 aromatic heterocycles. The minimum Gasteiger partial charge on any atom is -0.478 e. The molecule has 1 aromatic rings. The van der Waals surface area contributed by atoms with Gasteiger partial charge in [0.2, 0.25) is 5.91 Å². The molecule has 0 radical (unpaired) electrons. The van der Waals surface area contributed by atoms with Crippen LogP contribution in [-0.2, 0) is 11.3 Å². The number of aromatic carboxylic acids is 1. The Labute approximate surface area is 106 Å². The Morgan fingerprint density at radius 1 is 1.44 bits per heavy atom. The molecule has 4 N–H and O–H groups in total. The van der Waals surface area contributed by atoms with Gasteiger partial charge in [-0.15, -0.1) is 0 Å². The molecule has 1 atom stereocenters. The molecular formula is C13H18N2O3.